The predicted octanol–water partition coefficient (Wildman–Crippen LogP) is 3.54. The van der Waals surface area contributed by atoms with E-state index in [-0.39, 0.29) is 5.78 Å². The van der Waals surface area contributed by atoms with Gasteiger partial charge in [0.15, 0.2) is 5.78 Å². The third-order valence-corrected chi connectivity index (χ3v) is 3.73. The Balaban J connectivity index is 2.18. The minimum absolute atomic E-state index is 0.0133. The average molecular weight is 282 g/mol. The summed E-state index contributed by atoms with van der Waals surface area (Å²) in [5.41, 5.74) is 1.53. The fourth-order valence-corrected chi connectivity index (χ4v) is 2.52. The normalized spacial score (nSPS) is 10.4. The molecule has 0 saturated heterocycles. The van der Waals surface area contributed by atoms with E-state index in [9.17, 15) is 4.79 Å². The highest BCUT2D eigenvalue weighted by Gasteiger charge is 2.12. The highest BCUT2D eigenvalue weighted by atomic mass is 35.5. The molecule has 0 saturated carbocycles. The Morgan fingerprint density at radius 1 is 1.50 bits per heavy atom. The molecule has 0 unspecified atom stereocenters. The SMILES string of the molecule is COc1cc(C(=O)Cc2nc(C)cs2)ccc1Cl. The topological polar surface area (TPSA) is 39.2 Å². The largest absolute Gasteiger partial charge is 0.495 e. The zero-order chi connectivity index (χ0) is 13.1. The molecule has 0 radical (unpaired) electrons. The number of benzene rings is 1. The van der Waals surface area contributed by atoms with Gasteiger partial charge in [0.05, 0.1) is 18.6 Å². The molecule has 0 aliphatic carbocycles. The number of ketones is 1. The number of carbonyl (C=O) groups is 1. The third-order valence-electron chi connectivity index (χ3n) is 2.45. The van der Waals surface area contributed by atoms with Gasteiger partial charge in [-0.15, -0.1) is 11.3 Å². The molecular weight excluding hydrogens is 270 g/mol. The van der Waals surface area contributed by atoms with Gasteiger partial charge in [-0.3, -0.25) is 4.79 Å². The van der Waals surface area contributed by atoms with E-state index in [1.54, 1.807) is 18.2 Å². The number of Topliss-reactive ketones (excluding diaryl/α,β-unsaturated/α-hetero) is 1. The van der Waals surface area contributed by atoms with E-state index in [2.05, 4.69) is 4.98 Å². The maximum atomic E-state index is 12.1. The van der Waals surface area contributed by atoms with Gasteiger partial charge in [0.25, 0.3) is 0 Å². The van der Waals surface area contributed by atoms with Crippen LogP contribution in [0.1, 0.15) is 21.1 Å². The standard InChI is InChI=1S/C13H12ClNO2S/c1-8-7-18-13(15-8)6-11(16)9-3-4-10(14)12(5-9)17-2/h3-5,7H,6H2,1-2H3. The van der Waals surface area contributed by atoms with Crippen molar-refractivity contribution in [3.63, 3.8) is 0 Å². The molecule has 0 atom stereocenters. The summed E-state index contributed by atoms with van der Waals surface area (Å²) in [5, 5.41) is 3.26. The molecule has 18 heavy (non-hydrogen) atoms. The number of thiazole rings is 1. The molecule has 0 bridgehead atoms. The van der Waals surface area contributed by atoms with Gasteiger partial charge < -0.3 is 4.74 Å². The molecule has 0 spiro atoms. The third kappa shape index (κ3) is 2.89. The fourth-order valence-electron chi connectivity index (χ4n) is 1.56. The molecule has 1 aromatic carbocycles. The van der Waals surface area contributed by atoms with Crippen LogP contribution in [0.15, 0.2) is 23.6 Å². The first-order chi connectivity index (χ1) is 8.60. The summed E-state index contributed by atoms with van der Waals surface area (Å²) in [7, 11) is 1.53. The first-order valence-electron chi connectivity index (χ1n) is 5.38. The molecule has 3 nitrogen and oxygen atoms in total. The van der Waals surface area contributed by atoms with E-state index in [0.29, 0.717) is 22.8 Å². The molecule has 0 amide bonds. The molecule has 1 heterocycles. The summed E-state index contributed by atoms with van der Waals surface area (Å²) >= 11 is 7.41. The van der Waals surface area contributed by atoms with Crippen molar-refractivity contribution < 1.29 is 9.53 Å². The molecule has 2 aromatic rings. The number of rotatable bonds is 4. The number of nitrogens with zero attached hydrogens (tertiary/aromatic N) is 1. The Kier molecular flexibility index (Phi) is 3.99. The number of halogens is 1. The maximum Gasteiger partial charge on any atom is 0.169 e. The summed E-state index contributed by atoms with van der Waals surface area (Å²) in [5.74, 6) is 0.525. The van der Waals surface area contributed by atoms with Gasteiger partial charge >= 0.3 is 0 Å². The van der Waals surface area contributed by atoms with Crippen molar-refractivity contribution in [1.29, 1.82) is 0 Å². The lowest BCUT2D eigenvalue weighted by atomic mass is 10.1. The lowest BCUT2D eigenvalue weighted by Gasteiger charge is -2.05. The molecular formula is C13H12ClNO2S. The summed E-state index contributed by atoms with van der Waals surface area (Å²) in [6, 6.07) is 5.03. The number of ether oxygens (including phenoxy) is 1. The number of methoxy groups -OCH3 is 1. The van der Waals surface area contributed by atoms with E-state index in [1.807, 2.05) is 12.3 Å². The molecule has 5 heteroatoms. The van der Waals surface area contributed by atoms with Crippen molar-refractivity contribution in [1.82, 2.24) is 4.98 Å². The molecule has 94 valence electrons. The second-order valence-corrected chi connectivity index (χ2v) is 5.18. The zero-order valence-electron chi connectivity index (χ0n) is 10.1. The monoisotopic (exact) mass is 281 g/mol. The van der Waals surface area contributed by atoms with E-state index in [4.69, 9.17) is 16.3 Å². The summed E-state index contributed by atoms with van der Waals surface area (Å²) < 4.78 is 5.09. The first-order valence-corrected chi connectivity index (χ1v) is 6.63. The van der Waals surface area contributed by atoms with Crippen molar-refractivity contribution >= 4 is 28.7 Å². The quantitative estimate of drug-likeness (QED) is 0.805. The van der Waals surface area contributed by atoms with Crippen LogP contribution in [0.3, 0.4) is 0 Å². The number of aryl methyl sites for hydroxylation is 1. The Labute approximate surface area is 114 Å². The van der Waals surface area contributed by atoms with Crippen molar-refractivity contribution in [3.8, 4) is 5.75 Å². The highest BCUT2D eigenvalue weighted by Crippen LogP contribution is 2.25. The maximum absolute atomic E-state index is 12.1. The van der Waals surface area contributed by atoms with E-state index < -0.39 is 0 Å². The Hall–Kier alpha value is -1.39. The second-order valence-electron chi connectivity index (χ2n) is 3.83. The smallest absolute Gasteiger partial charge is 0.169 e. The number of aromatic nitrogens is 1. The summed E-state index contributed by atoms with van der Waals surface area (Å²) in [6.07, 6.45) is 0.309. The van der Waals surface area contributed by atoms with Crippen LogP contribution in [-0.4, -0.2) is 17.9 Å². The zero-order valence-corrected chi connectivity index (χ0v) is 11.6. The van der Waals surface area contributed by atoms with E-state index in [0.717, 1.165) is 10.7 Å². The van der Waals surface area contributed by atoms with Gasteiger partial charge in [0.2, 0.25) is 0 Å². The van der Waals surface area contributed by atoms with Gasteiger partial charge in [-0.25, -0.2) is 4.98 Å². The van der Waals surface area contributed by atoms with E-state index in [1.165, 1.54) is 18.4 Å². The first kappa shape index (κ1) is 13.1. The van der Waals surface area contributed by atoms with Crippen LogP contribution in [-0.2, 0) is 6.42 Å². The minimum atomic E-state index is 0.0133. The molecule has 2 rings (SSSR count). The van der Waals surface area contributed by atoms with Crippen LogP contribution >= 0.6 is 22.9 Å². The van der Waals surface area contributed by atoms with Crippen molar-refractivity contribution in [2.75, 3.05) is 7.11 Å². The summed E-state index contributed by atoms with van der Waals surface area (Å²) in [4.78, 5) is 16.3. The van der Waals surface area contributed by atoms with Crippen LogP contribution < -0.4 is 4.74 Å². The number of carbonyl (C=O) groups excluding carboxylic acids is 1. The van der Waals surface area contributed by atoms with Crippen LogP contribution in [0.4, 0.5) is 0 Å². The number of hydrogen-bond donors (Lipinski definition) is 0. The Morgan fingerprint density at radius 2 is 2.28 bits per heavy atom. The van der Waals surface area contributed by atoms with E-state index >= 15 is 0 Å². The molecule has 0 aliphatic heterocycles. The van der Waals surface area contributed by atoms with Crippen molar-refractivity contribution in [2.45, 2.75) is 13.3 Å². The van der Waals surface area contributed by atoms with Crippen LogP contribution in [0.5, 0.6) is 5.75 Å². The van der Waals surface area contributed by atoms with Crippen molar-refractivity contribution in [3.05, 3.63) is 44.9 Å². The van der Waals surface area contributed by atoms with Crippen molar-refractivity contribution in [2.24, 2.45) is 0 Å². The molecule has 0 aliphatic rings. The molecule has 0 N–H and O–H groups in total. The Bertz CT molecular complexity index is 580. The van der Waals surface area contributed by atoms with Gasteiger partial charge in [0.1, 0.15) is 10.8 Å². The van der Waals surface area contributed by atoms with Crippen LogP contribution in [0, 0.1) is 6.92 Å². The molecule has 1 aromatic heterocycles. The second kappa shape index (κ2) is 5.50. The highest BCUT2D eigenvalue weighted by molar-refractivity contribution is 7.09. The average Bonchev–Trinajstić information content (AvgIpc) is 2.75. The number of hydrogen-bond acceptors (Lipinski definition) is 4. The van der Waals surface area contributed by atoms with Gasteiger partial charge in [-0.2, -0.15) is 0 Å². The van der Waals surface area contributed by atoms with Crippen LogP contribution in [0.25, 0.3) is 0 Å². The minimum Gasteiger partial charge on any atom is -0.495 e. The van der Waals surface area contributed by atoms with Gasteiger partial charge in [-0.05, 0) is 25.1 Å². The van der Waals surface area contributed by atoms with Gasteiger partial charge in [-0.1, -0.05) is 11.6 Å². The fraction of sp³-hybridized carbons (Fsp3) is 0.231. The lowest BCUT2D eigenvalue weighted by Crippen LogP contribution is -2.03. The molecule has 0 fully saturated rings. The Morgan fingerprint density at radius 3 is 2.89 bits per heavy atom. The summed E-state index contributed by atoms with van der Waals surface area (Å²) in [6.45, 7) is 1.91. The van der Waals surface area contributed by atoms with Crippen LogP contribution in [0.2, 0.25) is 5.02 Å². The lowest BCUT2D eigenvalue weighted by molar-refractivity contribution is 0.0992. The predicted molar refractivity (Wildman–Crippen MR) is 72.9 cm³/mol. The van der Waals surface area contributed by atoms with Gasteiger partial charge in [0, 0.05) is 16.6 Å².